The van der Waals surface area contributed by atoms with Crippen LogP contribution < -0.4 is 15.8 Å². The normalized spacial score (nSPS) is 13.3. The average molecular weight is 460 g/mol. The predicted octanol–water partition coefficient (Wildman–Crippen LogP) is 2.73. The summed E-state index contributed by atoms with van der Waals surface area (Å²) in [4.78, 5) is 36.6. The summed E-state index contributed by atoms with van der Waals surface area (Å²) in [7, 11) is 0. The largest absolute Gasteiger partial charge is 0.482 e. The molecular formula is C23H26ClN3O5. The van der Waals surface area contributed by atoms with Gasteiger partial charge in [0.15, 0.2) is 12.4 Å². The molecule has 0 spiro atoms. The number of ketones is 1. The quantitative estimate of drug-likeness (QED) is 0.216. The van der Waals surface area contributed by atoms with Crippen LogP contribution in [0.5, 0.6) is 5.75 Å². The highest BCUT2D eigenvalue weighted by Gasteiger charge is 2.23. The Morgan fingerprint density at radius 3 is 2.16 bits per heavy atom. The fourth-order valence-corrected chi connectivity index (χ4v) is 2.79. The fraction of sp³-hybridized carbons (Fsp3) is 0.304. The van der Waals surface area contributed by atoms with Crippen molar-refractivity contribution in [1.29, 1.82) is 5.41 Å². The van der Waals surface area contributed by atoms with Crippen LogP contribution in [0.3, 0.4) is 0 Å². The summed E-state index contributed by atoms with van der Waals surface area (Å²) in [6, 6.07) is 11.8. The van der Waals surface area contributed by atoms with Crippen molar-refractivity contribution in [3.8, 4) is 5.75 Å². The minimum absolute atomic E-state index is 0. The van der Waals surface area contributed by atoms with Gasteiger partial charge in [-0.05, 0) is 62.1 Å². The number of nitrogen functional groups attached to an aromatic ring is 1. The molecule has 1 saturated carbocycles. The van der Waals surface area contributed by atoms with Crippen LogP contribution in [0.15, 0.2) is 48.5 Å². The van der Waals surface area contributed by atoms with E-state index in [1.807, 2.05) is 0 Å². The molecule has 0 bridgehead atoms. The van der Waals surface area contributed by atoms with Crippen molar-refractivity contribution in [1.82, 2.24) is 5.32 Å². The molecule has 0 saturated heterocycles. The summed E-state index contributed by atoms with van der Waals surface area (Å²) >= 11 is 0. The van der Waals surface area contributed by atoms with E-state index in [0.717, 1.165) is 12.8 Å². The highest BCUT2D eigenvalue weighted by atomic mass is 35.5. The van der Waals surface area contributed by atoms with E-state index in [-0.39, 0.29) is 30.6 Å². The SMILES string of the molecule is CC(NC(=O)c1ccc(C(=N)N)cc1)C(=O)c1ccc(OCC(=O)OCC2CC2)cc1.Cl. The zero-order chi connectivity index (χ0) is 22.4. The number of nitrogens with two attached hydrogens (primary N) is 1. The number of benzene rings is 2. The summed E-state index contributed by atoms with van der Waals surface area (Å²) in [6.45, 7) is 1.86. The number of nitrogens with one attached hydrogen (secondary N) is 2. The lowest BCUT2D eigenvalue weighted by atomic mass is 10.0. The standard InChI is InChI=1S/C23H25N3O5.ClH/c1-14(26-23(29)18-6-4-17(5-7-18)22(24)25)21(28)16-8-10-19(11-9-16)30-13-20(27)31-12-15-2-3-15;/h4-11,14-15H,2-3,12-13H2,1H3,(H3,24,25)(H,26,29);1H. The van der Waals surface area contributed by atoms with E-state index in [1.54, 1.807) is 55.5 Å². The maximum atomic E-state index is 12.6. The molecule has 8 nitrogen and oxygen atoms in total. The number of hydrogen-bond donors (Lipinski definition) is 3. The highest BCUT2D eigenvalue weighted by Crippen LogP contribution is 2.28. The van der Waals surface area contributed by atoms with E-state index < -0.39 is 17.9 Å². The van der Waals surface area contributed by atoms with Gasteiger partial charge < -0.3 is 20.5 Å². The third-order valence-corrected chi connectivity index (χ3v) is 4.87. The Kier molecular flexibility index (Phi) is 8.78. The molecule has 3 rings (SSSR count). The van der Waals surface area contributed by atoms with Crippen molar-refractivity contribution in [2.75, 3.05) is 13.2 Å². The zero-order valence-electron chi connectivity index (χ0n) is 17.6. The van der Waals surface area contributed by atoms with Gasteiger partial charge >= 0.3 is 5.97 Å². The molecule has 9 heteroatoms. The van der Waals surface area contributed by atoms with Gasteiger partial charge in [0, 0.05) is 16.7 Å². The Morgan fingerprint density at radius 1 is 1.03 bits per heavy atom. The summed E-state index contributed by atoms with van der Waals surface area (Å²) in [5.41, 5.74) is 6.68. The zero-order valence-corrected chi connectivity index (χ0v) is 18.4. The Labute approximate surface area is 192 Å². The van der Waals surface area contributed by atoms with Crippen LogP contribution in [-0.2, 0) is 9.53 Å². The molecule has 1 unspecified atom stereocenters. The number of amidine groups is 1. The number of carbonyl (C=O) groups excluding carboxylic acids is 3. The number of carbonyl (C=O) groups is 3. The molecular weight excluding hydrogens is 434 g/mol. The van der Waals surface area contributed by atoms with E-state index >= 15 is 0 Å². The molecule has 170 valence electrons. The Balaban J connectivity index is 0.00000363. The number of esters is 1. The van der Waals surface area contributed by atoms with Gasteiger partial charge in [-0.25, -0.2) is 4.79 Å². The predicted molar refractivity (Wildman–Crippen MR) is 122 cm³/mol. The van der Waals surface area contributed by atoms with Gasteiger partial charge in [-0.3, -0.25) is 15.0 Å². The van der Waals surface area contributed by atoms with Crippen LogP contribution in [0.4, 0.5) is 0 Å². The molecule has 2 aromatic carbocycles. The van der Waals surface area contributed by atoms with Crippen LogP contribution in [0, 0.1) is 11.3 Å². The molecule has 0 radical (unpaired) electrons. The van der Waals surface area contributed by atoms with Crippen LogP contribution in [0.1, 0.15) is 46.0 Å². The number of ether oxygens (including phenoxy) is 2. The van der Waals surface area contributed by atoms with E-state index in [9.17, 15) is 14.4 Å². The third-order valence-electron chi connectivity index (χ3n) is 4.87. The smallest absolute Gasteiger partial charge is 0.344 e. The monoisotopic (exact) mass is 459 g/mol. The summed E-state index contributed by atoms with van der Waals surface area (Å²) in [6.07, 6.45) is 2.21. The van der Waals surface area contributed by atoms with Gasteiger partial charge in [0.25, 0.3) is 5.91 Å². The number of rotatable bonds is 10. The Hall–Kier alpha value is -3.39. The maximum Gasteiger partial charge on any atom is 0.344 e. The molecule has 4 N–H and O–H groups in total. The maximum absolute atomic E-state index is 12.6. The molecule has 2 aromatic rings. The van der Waals surface area contributed by atoms with Gasteiger partial charge in [0.2, 0.25) is 0 Å². The van der Waals surface area contributed by atoms with Gasteiger partial charge in [0.1, 0.15) is 11.6 Å². The Morgan fingerprint density at radius 2 is 1.59 bits per heavy atom. The van der Waals surface area contributed by atoms with Gasteiger partial charge in [-0.2, -0.15) is 0 Å². The van der Waals surface area contributed by atoms with Gasteiger partial charge in [-0.15, -0.1) is 12.4 Å². The summed E-state index contributed by atoms with van der Waals surface area (Å²) in [5, 5.41) is 10.0. The van der Waals surface area contributed by atoms with Crippen molar-refractivity contribution in [2.24, 2.45) is 11.7 Å². The first kappa shape index (κ1) is 24.9. The van der Waals surface area contributed by atoms with Crippen molar-refractivity contribution >= 4 is 35.9 Å². The number of hydrogen-bond acceptors (Lipinski definition) is 6. The second-order valence-corrected chi connectivity index (χ2v) is 7.49. The lowest BCUT2D eigenvalue weighted by Gasteiger charge is -2.14. The minimum Gasteiger partial charge on any atom is -0.482 e. The highest BCUT2D eigenvalue weighted by molar-refractivity contribution is 6.04. The summed E-state index contributed by atoms with van der Waals surface area (Å²) in [5.74, 6) is -0.221. The molecule has 1 aliphatic rings. The van der Waals surface area contributed by atoms with E-state index in [2.05, 4.69) is 5.32 Å². The van der Waals surface area contributed by atoms with Gasteiger partial charge in [0.05, 0.1) is 12.6 Å². The molecule has 1 amide bonds. The van der Waals surface area contributed by atoms with E-state index in [0.29, 0.717) is 35.0 Å². The van der Waals surface area contributed by atoms with Crippen LogP contribution >= 0.6 is 12.4 Å². The number of amides is 1. The molecule has 1 aliphatic carbocycles. The van der Waals surface area contributed by atoms with Crippen molar-refractivity contribution < 1.29 is 23.9 Å². The minimum atomic E-state index is -0.746. The molecule has 1 fully saturated rings. The first-order valence-corrected chi connectivity index (χ1v) is 10.0. The Bertz CT molecular complexity index is 972. The number of halogens is 1. The first-order valence-electron chi connectivity index (χ1n) is 10.0. The lowest BCUT2D eigenvalue weighted by molar-refractivity contribution is -0.146. The first-order chi connectivity index (χ1) is 14.8. The fourth-order valence-electron chi connectivity index (χ4n) is 2.79. The topological polar surface area (TPSA) is 132 Å². The molecule has 0 aliphatic heterocycles. The molecule has 32 heavy (non-hydrogen) atoms. The average Bonchev–Trinajstić information content (AvgIpc) is 3.60. The number of Topliss-reactive ketones (excluding diaryl/α,β-unsaturated/α-hetero) is 1. The summed E-state index contributed by atoms with van der Waals surface area (Å²) < 4.78 is 10.5. The molecule has 0 heterocycles. The van der Waals surface area contributed by atoms with Gasteiger partial charge in [-0.1, -0.05) is 12.1 Å². The van der Waals surface area contributed by atoms with Crippen molar-refractivity contribution in [3.63, 3.8) is 0 Å². The second-order valence-electron chi connectivity index (χ2n) is 7.49. The van der Waals surface area contributed by atoms with Crippen molar-refractivity contribution in [2.45, 2.75) is 25.8 Å². The second kappa shape index (κ2) is 11.3. The third kappa shape index (κ3) is 7.09. The van der Waals surface area contributed by atoms with Crippen molar-refractivity contribution in [3.05, 3.63) is 65.2 Å². The lowest BCUT2D eigenvalue weighted by Crippen LogP contribution is -2.38. The van der Waals surface area contributed by atoms with Crippen LogP contribution in [0.25, 0.3) is 0 Å². The van der Waals surface area contributed by atoms with Crippen LogP contribution in [-0.4, -0.2) is 42.8 Å². The van der Waals surface area contributed by atoms with E-state index in [1.165, 1.54) is 0 Å². The molecule has 1 atom stereocenters. The van der Waals surface area contributed by atoms with Crippen LogP contribution in [0.2, 0.25) is 0 Å². The molecule has 0 aromatic heterocycles. The van der Waals surface area contributed by atoms with E-state index in [4.69, 9.17) is 20.6 Å².